The van der Waals surface area contributed by atoms with Crippen LogP contribution in [0.15, 0.2) is 47.6 Å². The molecule has 2 saturated carbocycles. The summed E-state index contributed by atoms with van der Waals surface area (Å²) in [6.07, 6.45) is 24.6. The minimum atomic E-state index is 0.943. The molecule has 0 heterocycles. The van der Waals surface area contributed by atoms with E-state index in [1.165, 1.54) is 101 Å². The van der Waals surface area contributed by atoms with Crippen LogP contribution >= 0.6 is 0 Å². The van der Waals surface area contributed by atoms with Crippen molar-refractivity contribution >= 4 is 0 Å². The topological polar surface area (TPSA) is 0 Å². The SMILES string of the molecule is CC1=CCC(C)CC1.CC1=CCC(C)CC1.CC1CCC(C)CC1.CC1CCC(C)CC1.Cc1ccc(C)cc1. The number of aryl methyl sites for hydroxylation is 2. The molecule has 0 aromatic heterocycles. The molecule has 2 fully saturated rings. The summed E-state index contributed by atoms with van der Waals surface area (Å²) in [4.78, 5) is 0. The Kier molecular flexibility index (Phi) is 19.7. The predicted molar refractivity (Wildman–Crippen MR) is 183 cm³/mol. The molecule has 2 atom stereocenters. The van der Waals surface area contributed by atoms with Crippen LogP contribution in [0.5, 0.6) is 0 Å². The zero-order valence-corrected chi connectivity index (χ0v) is 28.8. The van der Waals surface area contributed by atoms with Crippen molar-refractivity contribution in [2.45, 2.75) is 159 Å². The first kappa shape index (κ1) is 36.7. The van der Waals surface area contributed by atoms with Crippen LogP contribution in [0.25, 0.3) is 0 Å². The Hall–Kier alpha value is -1.30. The van der Waals surface area contributed by atoms with E-state index in [0.29, 0.717) is 0 Å². The van der Waals surface area contributed by atoms with E-state index in [1.807, 2.05) is 0 Å². The van der Waals surface area contributed by atoms with E-state index in [0.717, 1.165) is 35.5 Å². The van der Waals surface area contributed by atoms with E-state index in [-0.39, 0.29) is 0 Å². The molecular weight excluding hydrogens is 480 g/mol. The van der Waals surface area contributed by atoms with E-state index in [4.69, 9.17) is 0 Å². The molecule has 4 aliphatic rings. The number of hydrogen-bond acceptors (Lipinski definition) is 0. The molecule has 0 nitrogen and oxygen atoms in total. The van der Waals surface area contributed by atoms with Gasteiger partial charge < -0.3 is 0 Å². The zero-order chi connectivity index (χ0) is 29.9. The normalized spacial score (nSPS) is 29.6. The van der Waals surface area contributed by atoms with Crippen molar-refractivity contribution in [2.24, 2.45) is 35.5 Å². The lowest BCUT2D eigenvalue weighted by atomic mass is 9.84. The Balaban J connectivity index is 0.000000250. The summed E-state index contributed by atoms with van der Waals surface area (Å²) in [5, 5.41) is 0. The van der Waals surface area contributed by atoms with Crippen molar-refractivity contribution in [3.8, 4) is 0 Å². The first-order chi connectivity index (χ1) is 18.9. The third kappa shape index (κ3) is 19.7. The molecule has 4 aliphatic carbocycles. The lowest BCUT2D eigenvalue weighted by molar-refractivity contribution is 0.308. The summed E-state index contributed by atoms with van der Waals surface area (Å²) in [7, 11) is 0. The van der Waals surface area contributed by atoms with Gasteiger partial charge in [-0.25, -0.2) is 0 Å². The van der Waals surface area contributed by atoms with Gasteiger partial charge >= 0.3 is 0 Å². The lowest BCUT2D eigenvalue weighted by Crippen LogP contribution is -2.08. The van der Waals surface area contributed by atoms with E-state index in [9.17, 15) is 0 Å². The Morgan fingerprint density at radius 3 is 0.800 bits per heavy atom. The number of rotatable bonds is 0. The Labute approximate surface area is 252 Å². The first-order valence-electron chi connectivity index (χ1n) is 17.3. The minimum absolute atomic E-state index is 0.943. The van der Waals surface area contributed by atoms with Gasteiger partial charge in [0.25, 0.3) is 0 Å². The van der Waals surface area contributed by atoms with Crippen molar-refractivity contribution < 1.29 is 0 Å². The van der Waals surface area contributed by atoms with Crippen LogP contribution in [0, 0.1) is 49.4 Å². The second kappa shape index (κ2) is 21.4. The third-order valence-electron chi connectivity index (χ3n) is 9.63. The van der Waals surface area contributed by atoms with Gasteiger partial charge in [-0.3, -0.25) is 0 Å². The largest absolute Gasteiger partial charge is 0.0853 e. The molecule has 1 aromatic carbocycles. The van der Waals surface area contributed by atoms with Crippen LogP contribution in [0.1, 0.15) is 156 Å². The summed E-state index contributed by atoms with van der Waals surface area (Å²) >= 11 is 0. The van der Waals surface area contributed by atoms with Gasteiger partial charge in [0.2, 0.25) is 0 Å². The molecule has 0 saturated heterocycles. The monoisotopic (exact) mass is 551 g/mol. The van der Waals surface area contributed by atoms with Crippen molar-refractivity contribution in [1.82, 2.24) is 0 Å². The molecule has 0 radical (unpaired) electrons. The maximum atomic E-state index is 2.37. The van der Waals surface area contributed by atoms with Crippen LogP contribution in [0.2, 0.25) is 0 Å². The standard InChI is InChI=1S/2C8H16.2C8H14.C8H10/c5*1-7-3-5-8(2)6-4-7/h2*7-8H,3-6H2,1-2H3;2*3,8H,4-6H2,1-2H3;3-6H,1-2H3. The molecule has 40 heavy (non-hydrogen) atoms. The average molecular weight is 551 g/mol. The van der Waals surface area contributed by atoms with Crippen molar-refractivity contribution in [2.75, 3.05) is 0 Å². The molecule has 0 bridgehead atoms. The van der Waals surface area contributed by atoms with Crippen molar-refractivity contribution in [3.63, 3.8) is 0 Å². The lowest BCUT2D eigenvalue weighted by Gasteiger charge is -2.22. The molecule has 1 aromatic rings. The molecule has 0 amide bonds. The van der Waals surface area contributed by atoms with Gasteiger partial charge in [0.15, 0.2) is 0 Å². The summed E-state index contributed by atoms with van der Waals surface area (Å²) in [5.41, 5.74) is 5.83. The number of benzene rings is 1. The van der Waals surface area contributed by atoms with Crippen LogP contribution in [-0.4, -0.2) is 0 Å². The van der Waals surface area contributed by atoms with Crippen LogP contribution < -0.4 is 0 Å². The highest BCUT2D eigenvalue weighted by Gasteiger charge is 2.14. The molecular formula is C40H70. The van der Waals surface area contributed by atoms with Gasteiger partial charge in [-0.05, 0) is 102 Å². The molecule has 0 spiro atoms. The van der Waals surface area contributed by atoms with E-state index in [1.54, 1.807) is 11.1 Å². The highest BCUT2D eigenvalue weighted by molar-refractivity contribution is 5.19. The molecule has 5 rings (SSSR count). The summed E-state index contributed by atoms with van der Waals surface area (Å²) < 4.78 is 0. The average Bonchev–Trinajstić information content (AvgIpc) is 2.94. The quantitative estimate of drug-likeness (QED) is 0.282. The Bertz CT molecular complexity index is 704. The van der Waals surface area contributed by atoms with Gasteiger partial charge in [0.1, 0.15) is 0 Å². The van der Waals surface area contributed by atoms with E-state index < -0.39 is 0 Å². The van der Waals surface area contributed by atoms with Gasteiger partial charge in [-0.2, -0.15) is 0 Å². The maximum absolute atomic E-state index is 2.37. The number of allylic oxidation sites excluding steroid dienone is 4. The van der Waals surface area contributed by atoms with Crippen LogP contribution in [0.4, 0.5) is 0 Å². The van der Waals surface area contributed by atoms with Gasteiger partial charge in [0, 0.05) is 0 Å². The summed E-state index contributed by atoms with van der Waals surface area (Å²) in [6.45, 7) is 22.8. The second-order valence-electron chi connectivity index (χ2n) is 14.7. The molecule has 0 N–H and O–H groups in total. The fourth-order valence-corrected chi connectivity index (χ4v) is 5.68. The highest BCUT2D eigenvalue weighted by Crippen LogP contribution is 2.28. The maximum Gasteiger partial charge on any atom is -0.0320 e. The molecule has 0 aliphatic heterocycles. The van der Waals surface area contributed by atoms with Crippen molar-refractivity contribution in [1.29, 1.82) is 0 Å². The first-order valence-corrected chi connectivity index (χ1v) is 17.3. The smallest absolute Gasteiger partial charge is 0.0320 e. The van der Waals surface area contributed by atoms with Gasteiger partial charge in [-0.15, -0.1) is 0 Å². The molecule has 2 unspecified atom stereocenters. The molecule has 230 valence electrons. The van der Waals surface area contributed by atoms with Gasteiger partial charge in [-0.1, -0.05) is 152 Å². The second-order valence-corrected chi connectivity index (χ2v) is 14.7. The fraction of sp³-hybridized carbons (Fsp3) is 0.750. The number of hydrogen-bond donors (Lipinski definition) is 0. The van der Waals surface area contributed by atoms with E-state index >= 15 is 0 Å². The molecule has 0 heteroatoms. The summed E-state index contributed by atoms with van der Waals surface area (Å²) in [6, 6.07) is 8.48. The summed E-state index contributed by atoms with van der Waals surface area (Å²) in [5.74, 6) is 5.96. The van der Waals surface area contributed by atoms with Crippen molar-refractivity contribution in [3.05, 3.63) is 58.7 Å². The Morgan fingerprint density at radius 2 is 0.625 bits per heavy atom. The van der Waals surface area contributed by atoms with Crippen LogP contribution in [-0.2, 0) is 0 Å². The highest BCUT2D eigenvalue weighted by atomic mass is 14.2. The Morgan fingerprint density at radius 1 is 0.375 bits per heavy atom. The van der Waals surface area contributed by atoms with E-state index in [2.05, 4.69) is 106 Å². The van der Waals surface area contributed by atoms with Gasteiger partial charge in [0.05, 0.1) is 0 Å². The minimum Gasteiger partial charge on any atom is -0.0853 e. The zero-order valence-electron chi connectivity index (χ0n) is 28.8. The van der Waals surface area contributed by atoms with Crippen LogP contribution in [0.3, 0.4) is 0 Å². The third-order valence-corrected chi connectivity index (χ3v) is 9.63. The fourth-order valence-electron chi connectivity index (χ4n) is 5.68. The predicted octanol–water partition coefficient (Wildman–Crippen LogP) is 13.5.